The third-order valence-electron chi connectivity index (χ3n) is 8.64. The minimum Gasteiger partial charge on any atom is -0.308 e. The van der Waals surface area contributed by atoms with Gasteiger partial charge in [-0.25, -0.2) is 0 Å². The Hall–Kier alpha value is -4.43. The Morgan fingerprint density at radius 3 is 1.98 bits per heavy atom. The van der Waals surface area contributed by atoms with Crippen LogP contribution in [-0.4, -0.2) is 4.57 Å². The van der Waals surface area contributed by atoms with E-state index in [1.54, 1.807) is 0 Å². The Morgan fingerprint density at radius 1 is 0.600 bits per heavy atom. The number of aryl methyl sites for hydroxylation is 3. The summed E-state index contributed by atoms with van der Waals surface area (Å²) in [5.41, 5.74) is 11.4. The maximum atomic E-state index is 2.47. The molecule has 0 amide bonds. The SMILES string of the molecule is Cc1ccc2c(c1)c1ccccc1n2-c1cc(-c2cc(C(C)(C)C)c3ccccc3c2C)[n+](C)c2ccccc12. The molecule has 40 heavy (non-hydrogen) atoms. The van der Waals surface area contributed by atoms with Gasteiger partial charge in [0.15, 0.2) is 0 Å². The monoisotopic (exact) mass is 519 g/mol. The molecule has 7 aromatic rings. The van der Waals surface area contributed by atoms with Crippen LogP contribution in [0.1, 0.15) is 37.5 Å². The lowest BCUT2D eigenvalue weighted by molar-refractivity contribution is -0.633. The third kappa shape index (κ3) is 3.59. The van der Waals surface area contributed by atoms with E-state index in [2.05, 4.69) is 154 Å². The largest absolute Gasteiger partial charge is 0.308 e. The average Bonchev–Trinajstić information content (AvgIpc) is 3.27. The van der Waals surface area contributed by atoms with Crippen LogP contribution in [0.4, 0.5) is 0 Å². The topological polar surface area (TPSA) is 8.81 Å². The summed E-state index contributed by atoms with van der Waals surface area (Å²) in [6.45, 7) is 11.4. The van der Waals surface area contributed by atoms with E-state index in [1.807, 2.05) is 0 Å². The predicted molar refractivity (Wildman–Crippen MR) is 171 cm³/mol. The zero-order valence-corrected chi connectivity index (χ0v) is 24.2. The number of pyridine rings is 1. The molecule has 0 fully saturated rings. The van der Waals surface area contributed by atoms with Crippen LogP contribution in [-0.2, 0) is 12.5 Å². The van der Waals surface area contributed by atoms with Crippen LogP contribution in [0.5, 0.6) is 0 Å². The summed E-state index contributed by atoms with van der Waals surface area (Å²) in [6, 6.07) is 38.2. The maximum Gasteiger partial charge on any atom is 0.215 e. The Morgan fingerprint density at radius 2 is 1.23 bits per heavy atom. The molecule has 0 unspecified atom stereocenters. The minimum atomic E-state index is 0.0188. The first-order valence-corrected chi connectivity index (χ1v) is 14.2. The predicted octanol–water partition coefficient (Wildman–Crippen LogP) is 9.50. The zero-order chi connectivity index (χ0) is 27.8. The Labute approximate surface area is 236 Å². The van der Waals surface area contributed by atoms with Crippen molar-refractivity contribution in [3.05, 3.63) is 120 Å². The molecule has 0 aliphatic heterocycles. The zero-order valence-electron chi connectivity index (χ0n) is 24.2. The van der Waals surface area contributed by atoms with Gasteiger partial charge in [0, 0.05) is 22.9 Å². The summed E-state index contributed by atoms with van der Waals surface area (Å²) in [5.74, 6) is 0. The van der Waals surface area contributed by atoms with E-state index in [9.17, 15) is 0 Å². The van der Waals surface area contributed by atoms with Gasteiger partial charge in [-0.3, -0.25) is 0 Å². The van der Waals surface area contributed by atoms with Gasteiger partial charge < -0.3 is 4.57 Å². The highest BCUT2D eigenvalue weighted by Gasteiger charge is 2.26. The Bertz CT molecular complexity index is 2120. The van der Waals surface area contributed by atoms with Crippen molar-refractivity contribution in [2.75, 3.05) is 0 Å². The summed E-state index contributed by atoms with van der Waals surface area (Å²) in [7, 11) is 2.21. The van der Waals surface area contributed by atoms with Crippen LogP contribution < -0.4 is 4.57 Å². The highest BCUT2D eigenvalue weighted by molar-refractivity contribution is 6.10. The fraction of sp³-hybridized carbons (Fsp3) is 0.184. The fourth-order valence-corrected chi connectivity index (χ4v) is 6.61. The molecule has 0 aliphatic carbocycles. The highest BCUT2D eigenvalue weighted by Crippen LogP contribution is 2.40. The van der Waals surface area contributed by atoms with E-state index in [-0.39, 0.29) is 5.41 Å². The van der Waals surface area contributed by atoms with Crippen molar-refractivity contribution in [3.8, 4) is 16.9 Å². The lowest BCUT2D eigenvalue weighted by Crippen LogP contribution is -2.33. The average molecular weight is 520 g/mol. The quantitative estimate of drug-likeness (QED) is 0.201. The standard InChI is InChI=1S/C38H35N2/c1-24-19-20-35-31(21-24)28-15-9-12-18-34(28)40(35)37-23-36(39(6)33-17-11-10-16-29(33)37)30-22-32(38(3,4)5)27-14-8-7-13-26(27)25(30)2/h7-23H,1-6H3/q+1. The lowest BCUT2D eigenvalue weighted by Gasteiger charge is -2.24. The lowest BCUT2D eigenvalue weighted by atomic mass is 9.80. The Balaban J connectivity index is 1.64. The van der Waals surface area contributed by atoms with Crippen LogP contribution in [0.2, 0.25) is 0 Å². The van der Waals surface area contributed by atoms with E-state index >= 15 is 0 Å². The second-order valence-electron chi connectivity index (χ2n) is 12.3. The van der Waals surface area contributed by atoms with Crippen LogP contribution in [0.3, 0.4) is 0 Å². The molecule has 0 bridgehead atoms. The van der Waals surface area contributed by atoms with E-state index in [0.29, 0.717) is 0 Å². The van der Waals surface area contributed by atoms with Crippen molar-refractivity contribution in [2.45, 2.75) is 40.0 Å². The van der Waals surface area contributed by atoms with Crippen molar-refractivity contribution in [3.63, 3.8) is 0 Å². The number of hydrogen-bond donors (Lipinski definition) is 0. The van der Waals surface area contributed by atoms with Gasteiger partial charge in [-0.2, -0.15) is 4.57 Å². The molecule has 2 aromatic heterocycles. The number of nitrogens with zero attached hydrogens (tertiary/aromatic N) is 2. The summed E-state index contributed by atoms with van der Waals surface area (Å²) in [5, 5.41) is 6.50. The molecular weight excluding hydrogens is 484 g/mol. The Kier molecular flexibility index (Phi) is 5.41. The minimum absolute atomic E-state index is 0.0188. The molecule has 2 heteroatoms. The van der Waals surface area contributed by atoms with Crippen LogP contribution in [0.15, 0.2) is 103 Å². The van der Waals surface area contributed by atoms with Gasteiger partial charge in [-0.1, -0.05) is 87.0 Å². The van der Waals surface area contributed by atoms with Crippen molar-refractivity contribution < 1.29 is 4.57 Å². The maximum absolute atomic E-state index is 2.47. The first kappa shape index (κ1) is 24.6. The molecule has 2 nitrogen and oxygen atoms in total. The number of rotatable bonds is 2. The van der Waals surface area contributed by atoms with E-state index in [4.69, 9.17) is 0 Å². The van der Waals surface area contributed by atoms with E-state index in [1.165, 1.54) is 77.1 Å². The van der Waals surface area contributed by atoms with E-state index in [0.717, 1.165) is 0 Å². The fourth-order valence-electron chi connectivity index (χ4n) is 6.61. The molecule has 0 N–H and O–H groups in total. The molecule has 0 radical (unpaired) electrons. The van der Waals surface area contributed by atoms with Gasteiger partial charge in [0.2, 0.25) is 11.2 Å². The van der Waals surface area contributed by atoms with Gasteiger partial charge >= 0.3 is 0 Å². The molecule has 2 heterocycles. The number of benzene rings is 5. The number of aromatic nitrogens is 2. The van der Waals surface area contributed by atoms with Gasteiger partial charge in [0.25, 0.3) is 0 Å². The van der Waals surface area contributed by atoms with Crippen LogP contribution in [0.25, 0.3) is 60.4 Å². The molecule has 0 saturated carbocycles. The van der Waals surface area contributed by atoms with Crippen molar-refractivity contribution in [1.29, 1.82) is 0 Å². The van der Waals surface area contributed by atoms with Gasteiger partial charge in [-0.15, -0.1) is 0 Å². The number of para-hydroxylation sites is 2. The summed E-state index contributed by atoms with van der Waals surface area (Å²) in [4.78, 5) is 0. The third-order valence-corrected chi connectivity index (χ3v) is 8.64. The molecule has 7 rings (SSSR count). The van der Waals surface area contributed by atoms with Crippen molar-refractivity contribution in [2.24, 2.45) is 7.05 Å². The van der Waals surface area contributed by atoms with Gasteiger partial charge in [0.05, 0.1) is 27.7 Å². The molecule has 196 valence electrons. The molecule has 0 saturated heterocycles. The van der Waals surface area contributed by atoms with E-state index < -0.39 is 0 Å². The second-order valence-corrected chi connectivity index (χ2v) is 12.3. The summed E-state index contributed by atoms with van der Waals surface area (Å²) < 4.78 is 4.84. The normalized spacial score (nSPS) is 12.2. The summed E-state index contributed by atoms with van der Waals surface area (Å²) in [6.07, 6.45) is 0. The molecule has 5 aromatic carbocycles. The molecule has 0 atom stereocenters. The summed E-state index contributed by atoms with van der Waals surface area (Å²) >= 11 is 0. The van der Waals surface area contributed by atoms with Crippen LogP contribution >= 0.6 is 0 Å². The van der Waals surface area contributed by atoms with Crippen molar-refractivity contribution in [1.82, 2.24) is 4.57 Å². The highest BCUT2D eigenvalue weighted by atomic mass is 15.0. The van der Waals surface area contributed by atoms with Crippen molar-refractivity contribution >= 4 is 43.5 Å². The number of fused-ring (bicyclic) bond motifs is 5. The first-order chi connectivity index (χ1) is 19.2. The second kappa shape index (κ2) is 8.79. The molecular formula is C38H35N2+. The smallest absolute Gasteiger partial charge is 0.215 e. The number of hydrogen-bond acceptors (Lipinski definition) is 0. The van der Waals surface area contributed by atoms with Gasteiger partial charge in [0.1, 0.15) is 7.05 Å². The molecule has 0 spiro atoms. The van der Waals surface area contributed by atoms with Crippen LogP contribution in [0, 0.1) is 13.8 Å². The molecule has 0 aliphatic rings. The first-order valence-electron chi connectivity index (χ1n) is 14.2. The van der Waals surface area contributed by atoms with Gasteiger partial charge in [-0.05, 0) is 71.5 Å².